The number of nitrogens with zero attached hydrogens (tertiary/aromatic N) is 4. The van der Waals surface area contributed by atoms with Crippen LogP contribution in [0, 0.1) is 6.92 Å². The quantitative estimate of drug-likeness (QED) is 0.760. The summed E-state index contributed by atoms with van der Waals surface area (Å²) in [5, 5.41) is 9.60. The van der Waals surface area contributed by atoms with Crippen LogP contribution in [0.2, 0.25) is 5.02 Å². The van der Waals surface area contributed by atoms with Crippen LogP contribution in [0.4, 0.5) is 0 Å². The molecule has 22 heavy (non-hydrogen) atoms. The van der Waals surface area contributed by atoms with Crippen LogP contribution in [-0.4, -0.2) is 38.4 Å². The van der Waals surface area contributed by atoms with Crippen LogP contribution in [0.25, 0.3) is 0 Å². The molecule has 0 saturated carbocycles. The van der Waals surface area contributed by atoms with Gasteiger partial charge in [0.05, 0.1) is 5.75 Å². The highest BCUT2D eigenvalue weighted by molar-refractivity contribution is 7.99. The summed E-state index contributed by atoms with van der Waals surface area (Å²) in [4.78, 5) is 13.9. The van der Waals surface area contributed by atoms with Gasteiger partial charge in [0, 0.05) is 25.2 Å². The average Bonchev–Trinajstić information content (AvgIpc) is 2.84. The average molecular weight is 339 g/mol. The van der Waals surface area contributed by atoms with Gasteiger partial charge in [-0.1, -0.05) is 35.5 Å². The molecule has 0 spiro atoms. The second kappa shape index (κ2) is 7.65. The van der Waals surface area contributed by atoms with Crippen molar-refractivity contribution in [3.05, 3.63) is 40.7 Å². The normalized spacial score (nSPS) is 10.7. The molecule has 0 aliphatic rings. The highest BCUT2D eigenvalue weighted by Crippen LogP contribution is 2.18. The van der Waals surface area contributed by atoms with Crippen molar-refractivity contribution >= 4 is 29.3 Å². The van der Waals surface area contributed by atoms with Crippen molar-refractivity contribution in [3.63, 3.8) is 0 Å². The maximum atomic E-state index is 12.2. The van der Waals surface area contributed by atoms with Gasteiger partial charge >= 0.3 is 0 Å². The number of aromatic nitrogens is 3. The van der Waals surface area contributed by atoms with Crippen molar-refractivity contribution in [2.45, 2.75) is 32.1 Å². The zero-order chi connectivity index (χ0) is 16.1. The molecule has 0 unspecified atom stereocenters. The molecular formula is C15H19ClN4OS. The number of thioether (sulfide) groups is 1. The Morgan fingerprint density at radius 2 is 2.18 bits per heavy atom. The summed E-state index contributed by atoms with van der Waals surface area (Å²) < 4.78 is 1.99. The van der Waals surface area contributed by atoms with E-state index in [1.165, 1.54) is 11.8 Å². The first kappa shape index (κ1) is 16.8. The van der Waals surface area contributed by atoms with Gasteiger partial charge in [0.15, 0.2) is 5.16 Å². The number of benzene rings is 1. The fraction of sp³-hybridized carbons (Fsp3) is 0.400. The van der Waals surface area contributed by atoms with Crippen LogP contribution < -0.4 is 0 Å². The highest BCUT2D eigenvalue weighted by Gasteiger charge is 2.13. The van der Waals surface area contributed by atoms with Crippen molar-refractivity contribution in [2.24, 2.45) is 0 Å². The van der Waals surface area contributed by atoms with Crippen LogP contribution in [-0.2, 0) is 17.9 Å². The van der Waals surface area contributed by atoms with E-state index in [2.05, 4.69) is 10.2 Å². The largest absolute Gasteiger partial charge is 0.341 e. The van der Waals surface area contributed by atoms with Crippen LogP contribution in [0.15, 0.2) is 29.4 Å². The predicted molar refractivity (Wildman–Crippen MR) is 89.1 cm³/mol. The molecule has 0 N–H and O–H groups in total. The molecule has 1 aromatic carbocycles. The lowest BCUT2D eigenvalue weighted by Gasteiger charge is -2.17. The second-order valence-electron chi connectivity index (χ2n) is 4.94. The minimum absolute atomic E-state index is 0.0493. The smallest absolute Gasteiger partial charge is 0.233 e. The predicted octanol–water partition coefficient (Wildman–Crippen LogP) is 3.01. The molecule has 0 aliphatic heterocycles. The Labute approximate surface area is 139 Å². The van der Waals surface area contributed by atoms with Crippen molar-refractivity contribution in [3.8, 4) is 0 Å². The van der Waals surface area contributed by atoms with Crippen molar-refractivity contribution in [1.82, 2.24) is 19.7 Å². The summed E-state index contributed by atoms with van der Waals surface area (Å²) in [6.45, 7) is 5.29. The van der Waals surface area contributed by atoms with Gasteiger partial charge in [-0.15, -0.1) is 10.2 Å². The Balaban J connectivity index is 1.91. The molecule has 0 atom stereocenters. The molecule has 1 amide bonds. The Morgan fingerprint density at radius 3 is 2.86 bits per heavy atom. The Hall–Kier alpha value is -1.53. The number of rotatable bonds is 6. The van der Waals surface area contributed by atoms with Gasteiger partial charge in [-0.2, -0.15) is 0 Å². The summed E-state index contributed by atoms with van der Waals surface area (Å²) in [6, 6.07) is 7.54. The van der Waals surface area contributed by atoms with Crippen molar-refractivity contribution in [2.75, 3.05) is 12.8 Å². The van der Waals surface area contributed by atoms with Crippen molar-refractivity contribution in [1.29, 1.82) is 0 Å². The first-order valence-corrected chi connectivity index (χ1v) is 8.38. The third-order valence-electron chi connectivity index (χ3n) is 3.28. The molecule has 2 rings (SSSR count). The number of amides is 1. The summed E-state index contributed by atoms with van der Waals surface area (Å²) in [5.41, 5.74) is 1.01. The molecular weight excluding hydrogens is 320 g/mol. The molecule has 0 bridgehead atoms. The molecule has 0 saturated heterocycles. The van der Waals surface area contributed by atoms with Gasteiger partial charge < -0.3 is 9.47 Å². The van der Waals surface area contributed by atoms with E-state index in [4.69, 9.17) is 11.6 Å². The molecule has 1 heterocycles. The summed E-state index contributed by atoms with van der Waals surface area (Å²) in [5.74, 6) is 1.26. The van der Waals surface area contributed by atoms with Gasteiger partial charge in [-0.3, -0.25) is 4.79 Å². The highest BCUT2D eigenvalue weighted by atomic mass is 35.5. The number of carbonyl (C=O) groups excluding carboxylic acids is 1. The minimum atomic E-state index is 0.0493. The Kier molecular flexibility index (Phi) is 5.85. The topological polar surface area (TPSA) is 51.0 Å². The third-order valence-corrected chi connectivity index (χ3v) is 4.46. The van der Waals surface area contributed by atoms with Gasteiger partial charge in [0.2, 0.25) is 5.91 Å². The number of halogens is 1. The van der Waals surface area contributed by atoms with Crippen LogP contribution in [0.1, 0.15) is 18.3 Å². The van der Waals surface area contributed by atoms with Gasteiger partial charge in [0.1, 0.15) is 5.82 Å². The van der Waals surface area contributed by atoms with Crippen LogP contribution in [0.5, 0.6) is 0 Å². The fourth-order valence-corrected chi connectivity index (χ4v) is 3.27. The van der Waals surface area contributed by atoms with Gasteiger partial charge in [0.25, 0.3) is 0 Å². The summed E-state index contributed by atoms with van der Waals surface area (Å²) in [7, 11) is 1.79. The first-order valence-electron chi connectivity index (χ1n) is 7.02. The van der Waals surface area contributed by atoms with Gasteiger partial charge in [-0.05, 0) is 31.5 Å². The Morgan fingerprint density at radius 1 is 1.41 bits per heavy atom. The zero-order valence-corrected chi connectivity index (χ0v) is 14.5. The van der Waals surface area contributed by atoms with Gasteiger partial charge in [-0.25, -0.2) is 0 Å². The number of hydrogen-bond donors (Lipinski definition) is 0. The van der Waals surface area contributed by atoms with Crippen molar-refractivity contribution < 1.29 is 4.79 Å². The molecule has 5 nitrogen and oxygen atoms in total. The fourth-order valence-electron chi connectivity index (χ4n) is 2.07. The van der Waals surface area contributed by atoms with Crippen LogP contribution >= 0.6 is 23.4 Å². The lowest BCUT2D eigenvalue weighted by molar-refractivity contribution is -0.127. The molecule has 7 heteroatoms. The zero-order valence-electron chi connectivity index (χ0n) is 12.9. The molecule has 0 aliphatic carbocycles. The lowest BCUT2D eigenvalue weighted by atomic mass is 10.2. The number of hydrogen-bond acceptors (Lipinski definition) is 4. The monoisotopic (exact) mass is 338 g/mol. The molecule has 118 valence electrons. The van der Waals surface area contributed by atoms with E-state index in [0.717, 1.165) is 23.1 Å². The van der Waals surface area contributed by atoms with E-state index < -0.39 is 0 Å². The SMILES string of the molecule is CCn1c(C)nnc1SCC(=O)N(C)Cc1cccc(Cl)c1. The van der Waals surface area contributed by atoms with E-state index in [1.807, 2.05) is 42.7 Å². The summed E-state index contributed by atoms with van der Waals surface area (Å²) >= 11 is 7.37. The Bertz CT molecular complexity index is 659. The van der Waals surface area contributed by atoms with E-state index in [-0.39, 0.29) is 5.91 Å². The second-order valence-corrected chi connectivity index (χ2v) is 6.32. The summed E-state index contributed by atoms with van der Waals surface area (Å²) in [6.07, 6.45) is 0. The standard InChI is InChI=1S/C15H19ClN4OS/c1-4-20-11(2)17-18-15(20)22-10-14(21)19(3)9-12-6-5-7-13(16)8-12/h5-8H,4,9-10H2,1-3H3. The van der Waals surface area contributed by atoms with Crippen LogP contribution in [0.3, 0.4) is 0 Å². The van der Waals surface area contributed by atoms with E-state index in [0.29, 0.717) is 17.3 Å². The molecule has 0 fully saturated rings. The molecule has 0 radical (unpaired) electrons. The number of aryl methyl sites for hydroxylation is 1. The maximum Gasteiger partial charge on any atom is 0.233 e. The van der Waals surface area contributed by atoms with E-state index in [9.17, 15) is 4.79 Å². The third kappa shape index (κ3) is 4.24. The molecule has 1 aromatic heterocycles. The molecule has 2 aromatic rings. The minimum Gasteiger partial charge on any atom is -0.341 e. The number of carbonyl (C=O) groups is 1. The lowest BCUT2D eigenvalue weighted by Crippen LogP contribution is -2.27. The van der Waals surface area contributed by atoms with E-state index >= 15 is 0 Å². The van der Waals surface area contributed by atoms with E-state index in [1.54, 1.807) is 11.9 Å². The first-order chi connectivity index (χ1) is 10.5. The maximum absolute atomic E-state index is 12.2.